The molecule has 0 bridgehead atoms. The molecule has 21 heavy (non-hydrogen) atoms. The Labute approximate surface area is 128 Å². The standard InChI is InChI=1S/C17H19N3S/c1-11-9-20-17(21-11)16(12-5-6-12)19-10-13-3-2-4-15-14(13)7-8-18-15/h2-4,7-9,12,16,18-19H,5-6,10H2,1H3/t16-/m0/s1. The Bertz CT molecular complexity index is 754. The maximum absolute atomic E-state index is 4.59. The van der Waals surface area contributed by atoms with Crippen molar-refractivity contribution in [3.05, 3.63) is 52.1 Å². The molecule has 3 aromatic rings. The summed E-state index contributed by atoms with van der Waals surface area (Å²) in [6.45, 7) is 3.03. The highest BCUT2D eigenvalue weighted by Gasteiger charge is 2.33. The van der Waals surface area contributed by atoms with E-state index in [1.807, 2.05) is 23.7 Å². The molecule has 0 amide bonds. The number of benzene rings is 1. The maximum atomic E-state index is 4.59. The van der Waals surface area contributed by atoms with Gasteiger partial charge in [0.25, 0.3) is 0 Å². The summed E-state index contributed by atoms with van der Waals surface area (Å²) >= 11 is 1.82. The fourth-order valence-corrected chi connectivity index (χ4v) is 3.87. The highest BCUT2D eigenvalue weighted by molar-refractivity contribution is 7.11. The number of hydrogen-bond acceptors (Lipinski definition) is 3. The van der Waals surface area contributed by atoms with Gasteiger partial charge in [0.1, 0.15) is 5.01 Å². The van der Waals surface area contributed by atoms with Gasteiger partial charge >= 0.3 is 0 Å². The molecule has 2 N–H and O–H groups in total. The number of H-pyrrole nitrogens is 1. The lowest BCUT2D eigenvalue weighted by Gasteiger charge is -2.16. The first-order chi connectivity index (χ1) is 10.3. The summed E-state index contributed by atoms with van der Waals surface area (Å²) in [5, 5.41) is 6.30. The van der Waals surface area contributed by atoms with E-state index in [4.69, 9.17) is 0 Å². The Balaban J connectivity index is 1.55. The first-order valence-corrected chi connectivity index (χ1v) is 8.33. The van der Waals surface area contributed by atoms with E-state index < -0.39 is 0 Å². The molecular formula is C17H19N3S. The first kappa shape index (κ1) is 13.0. The Hall–Kier alpha value is -1.65. The van der Waals surface area contributed by atoms with Crippen LogP contribution in [0, 0.1) is 12.8 Å². The minimum absolute atomic E-state index is 0.415. The fourth-order valence-electron chi connectivity index (χ4n) is 2.93. The molecule has 0 aliphatic heterocycles. The largest absolute Gasteiger partial charge is 0.361 e. The van der Waals surface area contributed by atoms with Gasteiger partial charge in [-0.05, 0) is 43.4 Å². The van der Waals surface area contributed by atoms with Crippen molar-refractivity contribution in [2.24, 2.45) is 5.92 Å². The zero-order valence-electron chi connectivity index (χ0n) is 12.1. The van der Waals surface area contributed by atoms with Gasteiger partial charge in [0.15, 0.2) is 0 Å². The molecule has 0 saturated heterocycles. The Morgan fingerprint density at radius 2 is 2.29 bits per heavy atom. The van der Waals surface area contributed by atoms with E-state index in [1.165, 1.54) is 39.2 Å². The number of nitrogens with one attached hydrogen (secondary N) is 2. The van der Waals surface area contributed by atoms with Crippen LogP contribution in [-0.4, -0.2) is 9.97 Å². The molecule has 4 rings (SSSR count). The Morgan fingerprint density at radius 3 is 3.05 bits per heavy atom. The lowest BCUT2D eigenvalue weighted by Crippen LogP contribution is -2.22. The summed E-state index contributed by atoms with van der Waals surface area (Å²) in [7, 11) is 0. The van der Waals surface area contributed by atoms with E-state index in [2.05, 4.69) is 46.5 Å². The van der Waals surface area contributed by atoms with Gasteiger partial charge in [-0.1, -0.05) is 12.1 Å². The van der Waals surface area contributed by atoms with Crippen LogP contribution in [-0.2, 0) is 6.54 Å². The second kappa shape index (κ2) is 5.28. The van der Waals surface area contributed by atoms with Crippen molar-refractivity contribution in [3.63, 3.8) is 0 Å². The van der Waals surface area contributed by atoms with E-state index >= 15 is 0 Å². The number of thiazole rings is 1. The number of nitrogens with zero attached hydrogens (tertiary/aromatic N) is 1. The summed E-state index contributed by atoms with van der Waals surface area (Å²) in [6, 6.07) is 9.03. The fraction of sp³-hybridized carbons (Fsp3) is 0.353. The van der Waals surface area contributed by atoms with Gasteiger partial charge in [0, 0.05) is 34.7 Å². The van der Waals surface area contributed by atoms with Crippen LogP contribution in [0.3, 0.4) is 0 Å². The van der Waals surface area contributed by atoms with Gasteiger partial charge in [-0.25, -0.2) is 4.98 Å². The van der Waals surface area contributed by atoms with Gasteiger partial charge in [0.2, 0.25) is 0 Å². The van der Waals surface area contributed by atoms with E-state index in [9.17, 15) is 0 Å². The average molecular weight is 297 g/mol. The third kappa shape index (κ3) is 2.61. The molecule has 1 aliphatic rings. The highest BCUT2D eigenvalue weighted by atomic mass is 32.1. The molecule has 1 atom stereocenters. The smallest absolute Gasteiger partial charge is 0.110 e. The third-order valence-corrected chi connectivity index (χ3v) is 5.19. The second-order valence-corrected chi connectivity index (χ2v) is 7.13. The third-order valence-electron chi connectivity index (χ3n) is 4.20. The van der Waals surface area contributed by atoms with Gasteiger partial charge in [-0.2, -0.15) is 0 Å². The Morgan fingerprint density at radius 1 is 1.38 bits per heavy atom. The summed E-state index contributed by atoms with van der Waals surface area (Å²) in [6.07, 6.45) is 6.65. The van der Waals surface area contributed by atoms with Crippen LogP contribution in [0.5, 0.6) is 0 Å². The number of aromatic amines is 1. The minimum atomic E-state index is 0.415. The molecule has 1 aromatic carbocycles. The van der Waals surface area contributed by atoms with Crippen LogP contribution in [0.4, 0.5) is 0 Å². The van der Waals surface area contributed by atoms with Gasteiger partial charge in [-0.15, -0.1) is 11.3 Å². The van der Waals surface area contributed by atoms with E-state index in [0.29, 0.717) is 6.04 Å². The molecule has 1 aliphatic carbocycles. The predicted molar refractivity (Wildman–Crippen MR) is 87.5 cm³/mol. The molecule has 1 fully saturated rings. The van der Waals surface area contributed by atoms with Crippen molar-refractivity contribution in [1.29, 1.82) is 0 Å². The Kier molecular flexibility index (Phi) is 3.28. The average Bonchev–Trinajstić information content (AvgIpc) is 3.04. The molecular weight excluding hydrogens is 278 g/mol. The molecule has 0 radical (unpaired) electrons. The van der Waals surface area contributed by atoms with Crippen LogP contribution >= 0.6 is 11.3 Å². The second-order valence-electron chi connectivity index (χ2n) is 5.86. The van der Waals surface area contributed by atoms with Gasteiger partial charge in [0.05, 0.1) is 6.04 Å². The maximum Gasteiger partial charge on any atom is 0.110 e. The van der Waals surface area contributed by atoms with Crippen molar-refractivity contribution in [1.82, 2.24) is 15.3 Å². The lowest BCUT2D eigenvalue weighted by molar-refractivity contribution is 0.479. The van der Waals surface area contributed by atoms with E-state index in [1.54, 1.807) is 0 Å². The van der Waals surface area contributed by atoms with Crippen LogP contribution < -0.4 is 5.32 Å². The number of aromatic nitrogens is 2. The zero-order chi connectivity index (χ0) is 14.2. The SMILES string of the molecule is Cc1cnc([C@@H](NCc2cccc3[nH]ccc23)C2CC2)s1. The van der Waals surface area contributed by atoms with Crippen molar-refractivity contribution in [2.45, 2.75) is 32.4 Å². The summed E-state index contributed by atoms with van der Waals surface area (Å²) < 4.78 is 0. The number of aryl methyl sites for hydroxylation is 1. The van der Waals surface area contributed by atoms with Gasteiger partial charge < -0.3 is 10.3 Å². The quantitative estimate of drug-likeness (QED) is 0.742. The summed E-state index contributed by atoms with van der Waals surface area (Å²) in [5.74, 6) is 0.765. The monoisotopic (exact) mass is 297 g/mol. The number of hydrogen-bond donors (Lipinski definition) is 2. The number of fused-ring (bicyclic) bond motifs is 1. The predicted octanol–water partition coefficient (Wildman–Crippen LogP) is 4.17. The van der Waals surface area contributed by atoms with Crippen molar-refractivity contribution in [2.75, 3.05) is 0 Å². The molecule has 2 heterocycles. The summed E-state index contributed by atoms with van der Waals surface area (Å²) in [4.78, 5) is 9.17. The first-order valence-electron chi connectivity index (χ1n) is 7.52. The van der Waals surface area contributed by atoms with Crippen LogP contribution in [0.1, 0.15) is 34.3 Å². The van der Waals surface area contributed by atoms with Crippen LogP contribution in [0.25, 0.3) is 10.9 Å². The van der Waals surface area contributed by atoms with Crippen molar-refractivity contribution in [3.8, 4) is 0 Å². The zero-order valence-corrected chi connectivity index (χ0v) is 12.9. The lowest BCUT2D eigenvalue weighted by atomic mass is 10.1. The number of rotatable bonds is 5. The highest BCUT2D eigenvalue weighted by Crippen LogP contribution is 2.42. The molecule has 108 valence electrons. The van der Waals surface area contributed by atoms with E-state index in [0.717, 1.165) is 12.5 Å². The normalized spacial score (nSPS) is 16.4. The minimum Gasteiger partial charge on any atom is -0.361 e. The van der Waals surface area contributed by atoms with E-state index in [-0.39, 0.29) is 0 Å². The van der Waals surface area contributed by atoms with Gasteiger partial charge in [-0.3, -0.25) is 0 Å². The topological polar surface area (TPSA) is 40.7 Å². The summed E-state index contributed by atoms with van der Waals surface area (Å²) in [5.41, 5.74) is 2.56. The van der Waals surface area contributed by atoms with Crippen LogP contribution in [0.15, 0.2) is 36.7 Å². The molecule has 1 saturated carbocycles. The van der Waals surface area contributed by atoms with Crippen molar-refractivity contribution >= 4 is 22.2 Å². The molecule has 2 aromatic heterocycles. The molecule has 0 spiro atoms. The van der Waals surface area contributed by atoms with Crippen molar-refractivity contribution < 1.29 is 0 Å². The van der Waals surface area contributed by atoms with Crippen LogP contribution in [0.2, 0.25) is 0 Å². The molecule has 0 unspecified atom stereocenters. The molecule has 3 nitrogen and oxygen atoms in total. The molecule has 4 heteroatoms.